The molecule has 1 atom stereocenters. The largest absolute Gasteiger partial charge is 0.392 e. The van der Waals surface area contributed by atoms with Crippen LogP contribution in [0.15, 0.2) is 0 Å². The van der Waals surface area contributed by atoms with E-state index in [1.165, 1.54) is 6.42 Å². The highest BCUT2D eigenvalue weighted by Crippen LogP contribution is 2.40. The fourth-order valence-electron chi connectivity index (χ4n) is 3.84. The predicted octanol–water partition coefficient (Wildman–Crippen LogP) is 3.12. The number of rotatable bonds is 3. The van der Waals surface area contributed by atoms with Crippen molar-refractivity contribution in [1.82, 2.24) is 4.90 Å². The molecule has 114 valence electrons. The summed E-state index contributed by atoms with van der Waals surface area (Å²) in [4.78, 5) is 15.4. The molecule has 1 unspecified atom stereocenters. The molecule has 1 heterocycles. The number of likely N-dealkylation sites (tertiary alicyclic amines) is 1. The molecule has 0 aromatic heterocycles. The molecule has 1 saturated carbocycles. The number of nitrogens with zero attached hydrogens (tertiary/aromatic N) is 1. The number of thiocarbonyl (C=S) groups is 1. The molecule has 1 aliphatic heterocycles. The molecule has 2 rings (SSSR count). The van der Waals surface area contributed by atoms with E-state index in [1.807, 2.05) is 4.90 Å². The lowest BCUT2D eigenvalue weighted by Crippen LogP contribution is -2.49. The molecule has 0 spiro atoms. The van der Waals surface area contributed by atoms with Gasteiger partial charge in [-0.3, -0.25) is 4.79 Å². The highest BCUT2D eigenvalue weighted by atomic mass is 32.1. The second-order valence-corrected chi connectivity index (χ2v) is 7.32. The lowest BCUT2D eigenvalue weighted by atomic mass is 9.84. The predicted molar refractivity (Wildman–Crippen MR) is 86.4 cm³/mol. The van der Waals surface area contributed by atoms with Crippen LogP contribution in [0.25, 0.3) is 0 Å². The van der Waals surface area contributed by atoms with Crippen LogP contribution in [0.5, 0.6) is 0 Å². The second-order valence-electron chi connectivity index (χ2n) is 6.88. The quantitative estimate of drug-likeness (QED) is 0.814. The third-order valence-corrected chi connectivity index (χ3v) is 5.73. The second kappa shape index (κ2) is 6.42. The van der Waals surface area contributed by atoms with Crippen LogP contribution >= 0.6 is 12.2 Å². The fourth-order valence-corrected chi connectivity index (χ4v) is 4.13. The molecular formula is C16H28N2OS. The van der Waals surface area contributed by atoms with Gasteiger partial charge in [-0.1, -0.05) is 38.9 Å². The number of hydrogen-bond acceptors (Lipinski definition) is 2. The van der Waals surface area contributed by atoms with Crippen LogP contribution in [0.1, 0.15) is 58.8 Å². The average molecular weight is 296 g/mol. The third kappa shape index (κ3) is 3.00. The molecule has 3 nitrogen and oxygen atoms in total. The van der Waals surface area contributed by atoms with Crippen molar-refractivity contribution in [2.75, 3.05) is 13.1 Å². The van der Waals surface area contributed by atoms with Gasteiger partial charge in [-0.25, -0.2) is 0 Å². The van der Waals surface area contributed by atoms with Gasteiger partial charge in [0.05, 0.1) is 10.4 Å². The average Bonchev–Trinajstić information content (AvgIpc) is 2.77. The van der Waals surface area contributed by atoms with E-state index in [9.17, 15) is 4.79 Å². The first-order chi connectivity index (χ1) is 9.47. The number of amides is 1. The molecule has 4 heteroatoms. The Kier molecular flexibility index (Phi) is 5.05. The Morgan fingerprint density at radius 2 is 1.85 bits per heavy atom. The zero-order valence-electron chi connectivity index (χ0n) is 12.9. The van der Waals surface area contributed by atoms with Crippen molar-refractivity contribution in [3.63, 3.8) is 0 Å². The van der Waals surface area contributed by atoms with Crippen LogP contribution in [0.4, 0.5) is 0 Å². The minimum atomic E-state index is -0.521. The van der Waals surface area contributed by atoms with Gasteiger partial charge in [0.1, 0.15) is 0 Å². The van der Waals surface area contributed by atoms with Crippen LogP contribution in [-0.4, -0.2) is 28.9 Å². The van der Waals surface area contributed by atoms with Crippen LogP contribution in [0.2, 0.25) is 0 Å². The van der Waals surface area contributed by atoms with Crippen molar-refractivity contribution < 1.29 is 4.79 Å². The summed E-state index contributed by atoms with van der Waals surface area (Å²) in [7, 11) is 0. The molecule has 1 amide bonds. The first-order valence-corrected chi connectivity index (χ1v) is 8.47. The van der Waals surface area contributed by atoms with Crippen molar-refractivity contribution in [2.45, 2.75) is 58.8 Å². The maximum absolute atomic E-state index is 13.0. The zero-order chi connectivity index (χ0) is 14.8. The van der Waals surface area contributed by atoms with Crippen molar-refractivity contribution in [3.05, 3.63) is 0 Å². The van der Waals surface area contributed by atoms with E-state index in [2.05, 4.69) is 13.8 Å². The summed E-state index contributed by atoms with van der Waals surface area (Å²) in [5.74, 6) is 1.67. The normalized spacial score (nSPS) is 26.6. The van der Waals surface area contributed by atoms with Gasteiger partial charge >= 0.3 is 0 Å². The third-order valence-electron chi connectivity index (χ3n) is 5.34. The van der Waals surface area contributed by atoms with Crippen LogP contribution in [0.3, 0.4) is 0 Å². The first-order valence-electron chi connectivity index (χ1n) is 8.06. The Labute approximate surface area is 128 Å². The first kappa shape index (κ1) is 15.7. The standard InChI is InChI=1S/C16H28N2OS/c1-12(2)13-6-5-10-18(11-7-13)15(19)16(14(17)20)8-3-4-9-16/h12-13H,3-11H2,1-2H3,(H2,17,20). The minimum Gasteiger partial charge on any atom is -0.392 e. The number of nitrogens with two attached hydrogens (primary N) is 1. The monoisotopic (exact) mass is 296 g/mol. The van der Waals surface area contributed by atoms with Gasteiger partial charge in [-0.15, -0.1) is 0 Å². The Balaban J connectivity index is 2.07. The molecule has 0 bridgehead atoms. The van der Waals surface area contributed by atoms with Gasteiger partial charge < -0.3 is 10.6 Å². The van der Waals surface area contributed by atoms with Gasteiger partial charge in [0.2, 0.25) is 5.91 Å². The van der Waals surface area contributed by atoms with E-state index in [0.717, 1.165) is 57.5 Å². The molecule has 1 aliphatic carbocycles. The van der Waals surface area contributed by atoms with Gasteiger partial charge in [0.15, 0.2) is 0 Å². The Bertz CT molecular complexity index is 375. The van der Waals surface area contributed by atoms with Crippen molar-refractivity contribution in [1.29, 1.82) is 0 Å². The van der Waals surface area contributed by atoms with Crippen LogP contribution in [-0.2, 0) is 4.79 Å². The highest BCUT2D eigenvalue weighted by molar-refractivity contribution is 7.80. The van der Waals surface area contributed by atoms with Crippen LogP contribution < -0.4 is 5.73 Å². The topological polar surface area (TPSA) is 46.3 Å². The Morgan fingerprint density at radius 1 is 1.20 bits per heavy atom. The summed E-state index contributed by atoms with van der Waals surface area (Å²) in [6.07, 6.45) is 7.33. The van der Waals surface area contributed by atoms with Crippen molar-refractivity contribution in [2.24, 2.45) is 23.0 Å². The molecule has 2 aliphatic rings. The summed E-state index contributed by atoms with van der Waals surface area (Å²) in [6, 6.07) is 0. The van der Waals surface area contributed by atoms with E-state index < -0.39 is 5.41 Å². The molecular weight excluding hydrogens is 268 g/mol. The van der Waals surface area contributed by atoms with E-state index in [4.69, 9.17) is 18.0 Å². The lowest BCUT2D eigenvalue weighted by Gasteiger charge is -2.33. The Hall–Kier alpha value is -0.640. The number of carbonyl (C=O) groups is 1. The fraction of sp³-hybridized carbons (Fsp3) is 0.875. The minimum absolute atomic E-state index is 0.215. The number of carbonyl (C=O) groups excluding carboxylic acids is 1. The maximum Gasteiger partial charge on any atom is 0.235 e. The van der Waals surface area contributed by atoms with E-state index in [1.54, 1.807) is 0 Å². The SMILES string of the molecule is CC(C)C1CCCN(C(=O)C2(C(N)=S)CCCC2)CC1. The lowest BCUT2D eigenvalue weighted by molar-refractivity contribution is -0.138. The molecule has 0 aromatic carbocycles. The molecule has 0 radical (unpaired) electrons. The maximum atomic E-state index is 13.0. The van der Waals surface area contributed by atoms with E-state index >= 15 is 0 Å². The van der Waals surface area contributed by atoms with Crippen LogP contribution in [0, 0.1) is 17.3 Å². The van der Waals surface area contributed by atoms with Gasteiger partial charge in [-0.2, -0.15) is 0 Å². The molecule has 0 aromatic rings. The number of hydrogen-bond donors (Lipinski definition) is 1. The molecule has 2 fully saturated rings. The van der Waals surface area contributed by atoms with Gasteiger partial charge in [0, 0.05) is 13.1 Å². The smallest absolute Gasteiger partial charge is 0.235 e. The van der Waals surface area contributed by atoms with Crippen molar-refractivity contribution >= 4 is 23.1 Å². The summed E-state index contributed by atoms with van der Waals surface area (Å²) in [5, 5.41) is 0. The Morgan fingerprint density at radius 3 is 2.40 bits per heavy atom. The highest BCUT2D eigenvalue weighted by Gasteiger charge is 2.46. The van der Waals surface area contributed by atoms with Crippen molar-refractivity contribution in [3.8, 4) is 0 Å². The van der Waals surface area contributed by atoms with Gasteiger partial charge in [-0.05, 0) is 43.9 Å². The molecule has 2 N–H and O–H groups in total. The summed E-state index contributed by atoms with van der Waals surface area (Å²) >= 11 is 5.24. The molecule has 1 saturated heterocycles. The summed E-state index contributed by atoms with van der Waals surface area (Å²) in [6.45, 7) is 6.34. The summed E-state index contributed by atoms with van der Waals surface area (Å²) < 4.78 is 0. The molecule has 20 heavy (non-hydrogen) atoms. The van der Waals surface area contributed by atoms with E-state index in [0.29, 0.717) is 10.9 Å². The summed E-state index contributed by atoms with van der Waals surface area (Å²) in [5.41, 5.74) is 5.42. The van der Waals surface area contributed by atoms with E-state index in [-0.39, 0.29) is 5.91 Å². The van der Waals surface area contributed by atoms with Gasteiger partial charge in [0.25, 0.3) is 0 Å². The zero-order valence-corrected chi connectivity index (χ0v) is 13.7.